The molecule has 0 aromatic carbocycles. The minimum atomic E-state index is 0.576. The van der Waals surface area contributed by atoms with Crippen molar-refractivity contribution in [1.82, 2.24) is 10.3 Å². The van der Waals surface area contributed by atoms with Crippen molar-refractivity contribution in [3.05, 3.63) is 15.6 Å². The summed E-state index contributed by atoms with van der Waals surface area (Å²) in [6, 6.07) is 0.576. The van der Waals surface area contributed by atoms with Gasteiger partial charge in [0.05, 0.1) is 10.7 Å². The van der Waals surface area contributed by atoms with Crippen LogP contribution in [0.2, 0.25) is 0 Å². The largest absolute Gasteiger partial charge is 0.370 e. The Morgan fingerprint density at radius 3 is 2.94 bits per heavy atom. The van der Waals surface area contributed by atoms with Crippen molar-refractivity contribution >= 4 is 17.3 Å². The van der Waals surface area contributed by atoms with Gasteiger partial charge in [-0.2, -0.15) is 0 Å². The minimum absolute atomic E-state index is 0.576. The quantitative estimate of drug-likeness (QED) is 0.618. The molecule has 1 saturated carbocycles. The van der Waals surface area contributed by atoms with Crippen LogP contribution in [0.15, 0.2) is 4.99 Å². The van der Waals surface area contributed by atoms with Gasteiger partial charge in [0.25, 0.3) is 0 Å². The van der Waals surface area contributed by atoms with Crippen LogP contribution in [0.3, 0.4) is 0 Å². The number of aromatic nitrogens is 1. The summed E-state index contributed by atoms with van der Waals surface area (Å²) in [7, 11) is 0. The van der Waals surface area contributed by atoms with Gasteiger partial charge in [-0.25, -0.2) is 4.98 Å². The second-order valence-electron chi connectivity index (χ2n) is 4.40. The Bertz CT molecular complexity index is 407. The molecule has 0 aliphatic heterocycles. The van der Waals surface area contributed by atoms with Crippen molar-refractivity contribution in [3.8, 4) is 0 Å². The maximum Gasteiger partial charge on any atom is 0.188 e. The molecule has 1 heterocycles. The van der Waals surface area contributed by atoms with Gasteiger partial charge in [0.15, 0.2) is 5.96 Å². The highest BCUT2D eigenvalue weighted by atomic mass is 32.1. The molecule has 1 aromatic heterocycles. The first-order chi connectivity index (χ1) is 8.19. The van der Waals surface area contributed by atoms with Crippen LogP contribution < -0.4 is 11.1 Å². The third-order valence-electron chi connectivity index (χ3n) is 2.81. The lowest BCUT2D eigenvalue weighted by Gasteiger charge is -2.01. The first-order valence-electron chi connectivity index (χ1n) is 6.20. The van der Waals surface area contributed by atoms with Crippen LogP contribution in [-0.4, -0.2) is 23.5 Å². The van der Waals surface area contributed by atoms with Crippen molar-refractivity contribution in [2.24, 2.45) is 10.7 Å². The molecule has 0 radical (unpaired) electrons. The molecular weight excluding hydrogens is 232 g/mol. The van der Waals surface area contributed by atoms with Gasteiger partial charge >= 0.3 is 0 Å². The number of thiazole rings is 1. The molecule has 1 fully saturated rings. The van der Waals surface area contributed by atoms with Crippen LogP contribution in [-0.2, 0) is 12.8 Å². The van der Waals surface area contributed by atoms with E-state index in [0.717, 1.165) is 19.4 Å². The predicted octanol–water partition coefficient (Wildman–Crippen LogP) is 1.62. The van der Waals surface area contributed by atoms with E-state index in [1.54, 1.807) is 11.3 Å². The highest BCUT2D eigenvalue weighted by Gasteiger charge is 2.21. The molecule has 1 aliphatic rings. The molecule has 0 atom stereocenters. The molecule has 0 saturated heterocycles. The molecule has 94 valence electrons. The van der Waals surface area contributed by atoms with Gasteiger partial charge < -0.3 is 11.1 Å². The number of hydrogen-bond donors (Lipinski definition) is 2. The van der Waals surface area contributed by atoms with E-state index in [0.29, 0.717) is 12.0 Å². The number of nitrogens with two attached hydrogens (primary N) is 1. The maximum absolute atomic E-state index is 5.76. The van der Waals surface area contributed by atoms with Gasteiger partial charge in [0.1, 0.15) is 0 Å². The minimum Gasteiger partial charge on any atom is -0.370 e. The molecule has 5 heteroatoms. The number of rotatable bonds is 5. The van der Waals surface area contributed by atoms with Crippen molar-refractivity contribution in [2.75, 3.05) is 6.54 Å². The number of aryl methyl sites for hydroxylation is 2. The van der Waals surface area contributed by atoms with Gasteiger partial charge in [-0.15, -0.1) is 11.3 Å². The Hall–Kier alpha value is -1.10. The Morgan fingerprint density at radius 2 is 2.35 bits per heavy atom. The van der Waals surface area contributed by atoms with Gasteiger partial charge in [-0.05, 0) is 26.2 Å². The zero-order valence-corrected chi connectivity index (χ0v) is 11.3. The molecule has 0 amide bonds. The van der Waals surface area contributed by atoms with Crippen molar-refractivity contribution in [2.45, 2.75) is 45.6 Å². The molecule has 3 N–H and O–H groups in total. The van der Waals surface area contributed by atoms with Crippen LogP contribution >= 0.6 is 11.3 Å². The Labute approximate surface area is 106 Å². The third-order valence-corrected chi connectivity index (χ3v) is 3.88. The lowest BCUT2D eigenvalue weighted by Crippen LogP contribution is -2.33. The van der Waals surface area contributed by atoms with Gasteiger partial charge in [0.2, 0.25) is 0 Å². The molecular formula is C12H20N4S. The molecule has 17 heavy (non-hydrogen) atoms. The van der Waals surface area contributed by atoms with E-state index in [4.69, 9.17) is 5.73 Å². The number of hydrogen-bond acceptors (Lipinski definition) is 3. The summed E-state index contributed by atoms with van der Waals surface area (Å²) in [6.45, 7) is 5.00. The summed E-state index contributed by atoms with van der Waals surface area (Å²) >= 11 is 1.78. The van der Waals surface area contributed by atoms with Crippen LogP contribution in [0.25, 0.3) is 0 Å². The lowest BCUT2D eigenvalue weighted by molar-refractivity contribution is 0.865. The molecule has 4 nitrogen and oxygen atoms in total. The molecule has 1 aliphatic carbocycles. The summed E-state index contributed by atoms with van der Waals surface area (Å²) in [5.74, 6) is 0.580. The fraction of sp³-hybridized carbons (Fsp3) is 0.667. The monoisotopic (exact) mass is 252 g/mol. The SMILES string of the molecule is CCc1nc(CCN=C(N)NC2CC2)sc1C. The standard InChI is InChI=1S/C12H20N4S/c1-3-10-8(2)17-11(16-10)6-7-14-12(13)15-9-4-5-9/h9H,3-7H2,1-2H3,(H3,13,14,15). The van der Waals surface area contributed by atoms with Crippen molar-refractivity contribution in [1.29, 1.82) is 0 Å². The fourth-order valence-electron chi connectivity index (χ4n) is 1.68. The van der Waals surface area contributed by atoms with Crippen LogP contribution in [0.4, 0.5) is 0 Å². The summed E-state index contributed by atoms with van der Waals surface area (Å²) in [6.07, 6.45) is 4.35. The Balaban J connectivity index is 1.80. The summed E-state index contributed by atoms with van der Waals surface area (Å²) in [5, 5.41) is 4.35. The first-order valence-corrected chi connectivity index (χ1v) is 7.02. The zero-order chi connectivity index (χ0) is 12.3. The molecule has 0 spiro atoms. The average molecular weight is 252 g/mol. The van der Waals surface area contributed by atoms with Crippen molar-refractivity contribution in [3.63, 3.8) is 0 Å². The van der Waals surface area contributed by atoms with Crippen LogP contribution in [0.1, 0.15) is 35.3 Å². The van der Waals surface area contributed by atoms with Gasteiger partial charge in [-0.1, -0.05) is 6.92 Å². The maximum atomic E-state index is 5.76. The molecule has 0 bridgehead atoms. The van der Waals surface area contributed by atoms with E-state index < -0.39 is 0 Å². The van der Waals surface area contributed by atoms with E-state index in [1.807, 2.05) is 0 Å². The van der Waals surface area contributed by atoms with E-state index in [2.05, 4.69) is 29.1 Å². The predicted molar refractivity (Wildman–Crippen MR) is 72.6 cm³/mol. The second kappa shape index (κ2) is 5.49. The molecule has 1 aromatic rings. The first kappa shape index (κ1) is 12.4. The number of nitrogens with one attached hydrogen (secondary N) is 1. The summed E-state index contributed by atoms with van der Waals surface area (Å²) < 4.78 is 0. The number of aliphatic imine (C=N–C) groups is 1. The topological polar surface area (TPSA) is 63.3 Å². The van der Waals surface area contributed by atoms with Crippen LogP contribution in [0, 0.1) is 6.92 Å². The van der Waals surface area contributed by atoms with Crippen LogP contribution in [0.5, 0.6) is 0 Å². The number of guanidine groups is 1. The smallest absolute Gasteiger partial charge is 0.188 e. The average Bonchev–Trinajstić information content (AvgIpc) is 3.01. The third kappa shape index (κ3) is 3.70. The van der Waals surface area contributed by atoms with E-state index in [-0.39, 0.29) is 0 Å². The highest BCUT2D eigenvalue weighted by Crippen LogP contribution is 2.19. The number of nitrogens with zero attached hydrogens (tertiary/aromatic N) is 2. The normalized spacial score (nSPS) is 16.2. The van der Waals surface area contributed by atoms with Gasteiger partial charge in [0, 0.05) is 23.9 Å². The lowest BCUT2D eigenvalue weighted by atomic mass is 10.3. The van der Waals surface area contributed by atoms with Crippen molar-refractivity contribution < 1.29 is 0 Å². The zero-order valence-electron chi connectivity index (χ0n) is 10.5. The van der Waals surface area contributed by atoms with E-state index in [9.17, 15) is 0 Å². The van der Waals surface area contributed by atoms with Gasteiger partial charge in [-0.3, -0.25) is 4.99 Å². The van der Waals surface area contributed by atoms with E-state index >= 15 is 0 Å². The highest BCUT2D eigenvalue weighted by molar-refractivity contribution is 7.11. The Morgan fingerprint density at radius 1 is 1.59 bits per heavy atom. The summed E-state index contributed by atoms with van der Waals surface area (Å²) in [4.78, 5) is 10.2. The summed E-state index contributed by atoms with van der Waals surface area (Å²) in [5.41, 5.74) is 6.98. The second-order valence-corrected chi connectivity index (χ2v) is 5.69. The molecule has 0 unspecified atom stereocenters. The van der Waals surface area contributed by atoms with E-state index in [1.165, 1.54) is 28.4 Å². The molecule has 2 rings (SSSR count). The Kier molecular flexibility index (Phi) is 3.99. The fourth-order valence-corrected chi connectivity index (χ4v) is 2.69.